The Morgan fingerprint density at radius 2 is 1.90 bits per heavy atom. The monoisotopic (exact) mass is 311 g/mol. The van der Waals surface area contributed by atoms with Gasteiger partial charge in [-0.15, -0.1) is 0 Å². The van der Waals surface area contributed by atoms with Gasteiger partial charge < -0.3 is 15.3 Å². The van der Waals surface area contributed by atoms with Crippen LogP contribution in [0.25, 0.3) is 11.0 Å². The van der Waals surface area contributed by atoms with Crippen LogP contribution in [0.3, 0.4) is 0 Å². The summed E-state index contributed by atoms with van der Waals surface area (Å²) in [5.41, 5.74) is 1.98. The average molecular weight is 311 g/mol. The predicted octanol–water partition coefficient (Wildman–Crippen LogP) is 1.33. The molecule has 3 N–H and O–H groups in total. The molecule has 0 aliphatic rings. The third-order valence-corrected chi connectivity index (χ3v) is 5.28. The lowest BCUT2D eigenvalue weighted by Gasteiger charge is -2.24. The highest BCUT2D eigenvalue weighted by atomic mass is 32.2. The van der Waals surface area contributed by atoms with Gasteiger partial charge in [0.25, 0.3) is 0 Å². The summed E-state index contributed by atoms with van der Waals surface area (Å²) in [5.74, 6) is 0. The number of fused-ring (bicyclic) bond motifs is 1. The number of H-pyrrole nitrogens is 2. The molecule has 7 heteroatoms. The molecule has 1 aromatic heterocycles. The summed E-state index contributed by atoms with van der Waals surface area (Å²) in [7, 11) is -3.17. The Bertz CT molecular complexity index is 776. The Morgan fingerprint density at radius 1 is 1.24 bits per heavy atom. The molecule has 0 aliphatic carbocycles. The van der Waals surface area contributed by atoms with Gasteiger partial charge in [-0.25, -0.2) is 13.2 Å². The highest BCUT2D eigenvalue weighted by Crippen LogP contribution is 2.24. The maximum atomic E-state index is 11.9. The summed E-state index contributed by atoms with van der Waals surface area (Å²) in [6.45, 7) is 4.46. The summed E-state index contributed by atoms with van der Waals surface area (Å²) in [4.78, 5) is 16.7. The molecule has 0 saturated heterocycles. The fourth-order valence-electron chi connectivity index (χ4n) is 2.35. The molecule has 2 atom stereocenters. The van der Waals surface area contributed by atoms with Crippen molar-refractivity contribution in [2.45, 2.75) is 31.6 Å². The van der Waals surface area contributed by atoms with Gasteiger partial charge in [-0.05, 0) is 37.6 Å². The van der Waals surface area contributed by atoms with Crippen molar-refractivity contribution in [2.75, 3.05) is 12.8 Å². The summed E-state index contributed by atoms with van der Waals surface area (Å²) in [6, 6.07) is 5.16. The molecule has 0 fully saturated rings. The highest BCUT2D eigenvalue weighted by molar-refractivity contribution is 7.91. The van der Waals surface area contributed by atoms with Gasteiger partial charge >= 0.3 is 5.69 Å². The first-order valence-electron chi connectivity index (χ1n) is 6.97. The van der Waals surface area contributed by atoms with Crippen LogP contribution in [0.5, 0.6) is 0 Å². The second kappa shape index (κ2) is 6.03. The van der Waals surface area contributed by atoms with E-state index in [0.29, 0.717) is 11.0 Å². The minimum absolute atomic E-state index is 0.267. The van der Waals surface area contributed by atoms with Crippen LogP contribution < -0.4 is 11.0 Å². The van der Waals surface area contributed by atoms with Crippen molar-refractivity contribution in [3.8, 4) is 0 Å². The van der Waals surface area contributed by atoms with Crippen molar-refractivity contribution in [1.82, 2.24) is 15.3 Å². The van der Waals surface area contributed by atoms with E-state index in [4.69, 9.17) is 0 Å². The normalized spacial score (nSPS) is 15.2. The van der Waals surface area contributed by atoms with Gasteiger partial charge in [0, 0.05) is 12.3 Å². The minimum Gasteiger partial charge on any atom is -0.309 e. The van der Waals surface area contributed by atoms with E-state index < -0.39 is 15.1 Å². The van der Waals surface area contributed by atoms with E-state index in [1.165, 1.54) is 6.26 Å². The van der Waals surface area contributed by atoms with E-state index in [1.807, 2.05) is 19.1 Å². The Hall–Kier alpha value is -1.60. The van der Waals surface area contributed by atoms with Gasteiger partial charge in [-0.1, -0.05) is 13.0 Å². The SMILES string of the molecule is CCCNC(c1ccc2[nH]c(=O)[nH]c2c1)C(C)S(C)(=O)=O. The van der Waals surface area contributed by atoms with Gasteiger partial charge in [0.2, 0.25) is 0 Å². The van der Waals surface area contributed by atoms with Crippen LogP contribution in [0.4, 0.5) is 0 Å². The Balaban J connectivity index is 2.44. The molecule has 0 bridgehead atoms. The van der Waals surface area contributed by atoms with Crippen LogP contribution in [-0.2, 0) is 9.84 Å². The Morgan fingerprint density at radius 3 is 2.52 bits per heavy atom. The molecule has 0 amide bonds. The van der Waals surface area contributed by atoms with Crippen molar-refractivity contribution < 1.29 is 8.42 Å². The van der Waals surface area contributed by atoms with Gasteiger partial charge in [0.1, 0.15) is 0 Å². The standard InChI is InChI=1S/C14H21N3O3S/c1-4-7-15-13(9(2)21(3,19)20)10-5-6-11-12(8-10)17-14(18)16-11/h5-6,8-9,13,15H,4,7H2,1-3H3,(H2,16,17,18). The maximum absolute atomic E-state index is 11.9. The van der Waals surface area contributed by atoms with Crippen molar-refractivity contribution in [3.63, 3.8) is 0 Å². The van der Waals surface area contributed by atoms with Crippen molar-refractivity contribution >= 4 is 20.9 Å². The van der Waals surface area contributed by atoms with Crippen molar-refractivity contribution in [1.29, 1.82) is 0 Å². The first kappa shape index (κ1) is 15.8. The van der Waals surface area contributed by atoms with E-state index in [-0.39, 0.29) is 11.7 Å². The summed E-state index contributed by atoms with van der Waals surface area (Å²) >= 11 is 0. The van der Waals surface area contributed by atoms with Crippen LogP contribution in [0.2, 0.25) is 0 Å². The number of hydrogen-bond acceptors (Lipinski definition) is 4. The largest absolute Gasteiger partial charge is 0.323 e. The number of hydrogen-bond donors (Lipinski definition) is 3. The smallest absolute Gasteiger partial charge is 0.309 e. The lowest BCUT2D eigenvalue weighted by atomic mass is 10.0. The molecule has 0 radical (unpaired) electrons. The fourth-order valence-corrected chi connectivity index (χ4v) is 3.09. The first-order valence-corrected chi connectivity index (χ1v) is 8.92. The van der Waals surface area contributed by atoms with Crippen LogP contribution in [0, 0.1) is 0 Å². The van der Waals surface area contributed by atoms with Crippen molar-refractivity contribution in [3.05, 3.63) is 34.2 Å². The maximum Gasteiger partial charge on any atom is 0.323 e. The molecule has 6 nitrogen and oxygen atoms in total. The number of aromatic amines is 2. The second-order valence-corrected chi connectivity index (χ2v) is 7.75. The van der Waals surface area contributed by atoms with E-state index in [2.05, 4.69) is 15.3 Å². The number of nitrogens with one attached hydrogen (secondary N) is 3. The van der Waals surface area contributed by atoms with Gasteiger partial charge in [-0.2, -0.15) is 0 Å². The number of imidazole rings is 1. The fraction of sp³-hybridized carbons (Fsp3) is 0.500. The predicted molar refractivity (Wildman–Crippen MR) is 84.3 cm³/mol. The first-order chi connectivity index (χ1) is 9.82. The van der Waals surface area contributed by atoms with E-state index in [9.17, 15) is 13.2 Å². The molecule has 1 aromatic carbocycles. The van der Waals surface area contributed by atoms with E-state index >= 15 is 0 Å². The van der Waals surface area contributed by atoms with Crippen LogP contribution in [-0.4, -0.2) is 36.4 Å². The van der Waals surface area contributed by atoms with Crippen LogP contribution in [0.15, 0.2) is 23.0 Å². The van der Waals surface area contributed by atoms with Crippen LogP contribution >= 0.6 is 0 Å². The minimum atomic E-state index is -3.17. The zero-order valence-electron chi connectivity index (χ0n) is 12.4. The number of aromatic nitrogens is 2. The summed E-state index contributed by atoms with van der Waals surface area (Å²) in [5, 5.41) is 2.73. The third kappa shape index (κ3) is 3.54. The van der Waals surface area contributed by atoms with Gasteiger partial charge in [0.15, 0.2) is 9.84 Å². The molecular formula is C14H21N3O3S. The number of rotatable bonds is 6. The van der Waals surface area contributed by atoms with E-state index in [1.54, 1.807) is 13.0 Å². The quantitative estimate of drug-likeness (QED) is 0.750. The lowest BCUT2D eigenvalue weighted by Crippen LogP contribution is -2.35. The Labute approximate surface area is 123 Å². The van der Waals surface area contributed by atoms with E-state index in [0.717, 1.165) is 18.5 Å². The Kier molecular flexibility index (Phi) is 4.53. The summed E-state index contributed by atoms with van der Waals surface area (Å²) in [6.07, 6.45) is 2.16. The summed E-state index contributed by atoms with van der Waals surface area (Å²) < 4.78 is 23.7. The molecule has 2 unspecified atom stereocenters. The molecule has 1 heterocycles. The second-order valence-electron chi connectivity index (χ2n) is 5.35. The molecule has 0 aliphatic heterocycles. The zero-order valence-corrected chi connectivity index (χ0v) is 13.3. The zero-order chi connectivity index (χ0) is 15.6. The third-order valence-electron chi connectivity index (χ3n) is 3.66. The van der Waals surface area contributed by atoms with Crippen molar-refractivity contribution in [2.24, 2.45) is 0 Å². The van der Waals surface area contributed by atoms with Crippen LogP contribution in [0.1, 0.15) is 31.9 Å². The number of benzene rings is 1. The molecule has 0 spiro atoms. The molecule has 2 rings (SSSR count). The molecule has 2 aromatic rings. The van der Waals surface area contributed by atoms with Gasteiger partial charge in [0.05, 0.1) is 16.3 Å². The number of sulfone groups is 1. The average Bonchev–Trinajstić information content (AvgIpc) is 2.77. The van der Waals surface area contributed by atoms with Gasteiger partial charge in [-0.3, -0.25) is 0 Å². The molecule has 21 heavy (non-hydrogen) atoms. The molecular weight excluding hydrogens is 290 g/mol. The lowest BCUT2D eigenvalue weighted by molar-refractivity contribution is 0.500. The highest BCUT2D eigenvalue weighted by Gasteiger charge is 2.27. The molecule has 116 valence electrons. The molecule has 0 saturated carbocycles. The topological polar surface area (TPSA) is 94.8 Å².